The lowest BCUT2D eigenvalue weighted by atomic mass is 9.89. The molecule has 0 aromatic carbocycles. The van der Waals surface area contributed by atoms with E-state index in [2.05, 4.69) is 11.9 Å². The van der Waals surface area contributed by atoms with Crippen molar-refractivity contribution in [3.63, 3.8) is 0 Å². The van der Waals surface area contributed by atoms with Crippen LogP contribution in [0.3, 0.4) is 0 Å². The molecular formula is C15H25N3O3. The number of aliphatic hydroxyl groups is 1. The quantitative estimate of drug-likeness (QED) is 0.586. The molecular weight excluding hydrogens is 270 g/mol. The number of carbonyl (C=O) groups is 1. The Kier molecular flexibility index (Phi) is 5.43. The van der Waals surface area contributed by atoms with Crippen LogP contribution >= 0.6 is 0 Å². The lowest BCUT2D eigenvalue weighted by molar-refractivity contribution is 0.0413. The summed E-state index contributed by atoms with van der Waals surface area (Å²) in [6, 6.07) is -0.470. The molecule has 0 aromatic rings. The molecule has 1 aliphatic carbocycles. The molecule has 0 heterocycles. The van der Waals surface area contributed by atoms with Crippen LogP contribution in [0.1, 0.15) is 33.6 Å². The van der Waals surface area contributed by atoms with Crippen LogP contribution in [0.15, 0.2) is 35.7 Å². The van der Waals surface area contributed by atoms with E-state index < -0.39 is 23.8 Å². The van der Waals surface area contributed by atoms with Gasteiger partial charge in [0.1, 0.15) is 5.60 Å². The minimum Gasteiger partial charge on any atom is -0.444 e. The van der Waals surface area contributed by atoms with Gasteiger partial charge in [-0.1, -0.05) is 6.58 Å². The van der Waals surface area contributed by atoms with Crippen LogP contribution in [0.5, 0.6) is 0 Å². The molecule has 0 bridgehead atoms. The Labute approximate surface area is 125 Å². The van der Waals surface area contributed by atoms with Crippen molar-refractivity contribution in [1.82, 2.24) is 5.32 Å². The van der Waals surface area contributed by atoms with Gasteiger partial charge in [-0.3, -0.25) is 0 Å². The van der Waals surface area contributed by atoms with Gasteiger partial charge >= 0.3 is 6.09 Å². The van der Waals surface area contributed by atoms with Gasteiger partial charge in [0.05, 0.1) is 12.1 Å². The molecule has 0 saturated carbocycles. The highest BCUT2D eigenvalue weighted by Gasteiger charge is 2.29. The summed E-state index contributed by atoms with van der Waals surface area (Å²) in [5.41, 5.74) is 12.9. The zero-order chi connectivity index (χ0) is 16.2. The SMILES string of the molecule is C=C/C(N)=C\C1=C(N)C[C@@H](NC(=O)OC(C)(C)C)[C@@H](O)C1. The normalized spacial score (nSPS) is 23.7. The third-order valence-electron chi connectivity index (χ3n) is 3.02. The fraction of sp³-hybridized carbons (Fsp3) is 0.533. The standard InChI is InChI=1S/C15H25N3O3/c1-5-10(16)6-9-7-13(19)12(8-11(9)17)18-14(20)21-15(2,3)4/h5-6,12-13,19H,1,7-8,16-17H2,2-4H3,(H,18,20)/b10-6+/t12-,13+/m1/s1. The molecule has 2 atom stereocenters. The Bertz CT molecular complexity index is 475. The van der Waals surface area contributed by atoms with Crippen molar-refractivity contribution in [2.45, 2.75) is 51.4 Å². The van der Waals surface area contributed by atoms with Gasteiger partial charge in [0.15, 0.2) is 0 Å². The summed E-state index contributed by atoms with van der Waals surface area (Å²) in [6.45, 7) is 8.90. The number of alkyl carbamates (subject to hydrolysis) is 1. The fourth-order valence-corrected chi connectivity index (χ4v) is 2.02. The van der Waals surface area contributed by atoms with E-state index >= 15 is 0 Å². The van der Waals surface area contributed by atoms with Crippen LogP contribution < -0.4 is 16.8 Å². The fourth-order valence-electron chi connectivity index (χ4n) is 2.02. The van der Waals surface area contributed by atoms with E-state index in [-0.39, 0.29) is 0 Å². The van der Waals surface area contributed by atoms with Crippen LogP contribution in [0, 0.1) is 0 Å². The number of carbonyl (C=O) groups excluding carboxylic acids is 1. The zero-order valence-corrected chi connectivity index (χ0v) is 12.8. The highest BCUT2D eigenvalue weighted by molar-refractivity contribution is 5.68. The molecule has 0 spiro atoms. The highest BCUT2D eigenvalue weighted by atomic mass is 16.6. The molecule has 6 N–H and O–H groups in total. The third-order valence-corrected chi connectivity index (χ3v) is 3.02. The minimum absolute atomic E-state index is 0.320. The first kappa shape index (κ1) is 17.1. The Morgan fingerprint density at radius 1 is 1.48 bits per heavy atom. The lowest BCUT2D eigenvalue weighted by Crippen LogP contribution is -2.48. The largest absolute Gasteiger partial charge is 0.444 e. The smallest absolute Gasteiger partial charge is 0.407 e. The molecule has 6 heteroatoms. The first-order chi connectivity index (χ1) is 9.62. The van der Waals surface area contributed by atoms with Crippen molar-refractivity contribution in [2.24, 2.45) is 11.5 Å². The lowest BCUT2D eigenvalue weighted by Gasteiger charge is -2.31. The predicted molar refractivity (Wildman–Crippen MR) is 82.1 cm³/mol. The maximum absolute atomic E-state index is 11.7. The van der Waals surface area contributed by atoms with Gasteiger partial charge in [0, 0.05) is 24.2 Å². The predicted octanol–water partition coefficient (Wildman–Crippen LogP) is 1.28. The second kappa shape index (κ2) is 6.67. The molecule has 0 aliphatic heterocycles. The molecule has 0 saturated heterocycles. The van der Waals surface area contributed by atoms with Crippen molar-refractivity contribution in [3.8, 4) is 0 Å². The van der Waals surface area contributed by atoms with Crippen molar-refractivity contribution in [2.75, 3.05) is 0 Å². The highest BCUT2D eigenvalue weighted by Crippen LogP contribution is 2.24. The molecule has 21 heavy (non-hydrogen) atoms. The number of aliphatic hydroxyl groups excluding tert-OH is 1. The van der Waals surface area contributed by atoms with Crippen molar-refractivity contribution in [3.05, 3.63) is 35.7 Å². The van der Waals surface area contributed by atoms with Crippen molar-refractivity contribution < 1.29 is 14.6 Å². The number of hydrogen-bond acceptors (Lipinski definition) is 5. The van der Waals surface area contributed by atoms with Gasteiger partial charge in [0.2, 0.25) is 0 Å². The summed E-state index contributed by atoms with van der Waals surface area (Å²) >= 11 is 0. The van der Waals surface area contributed by atoms with E-state index in [4.69, 9.17) is 16.2 Å². The van der Waals surface area contributed by atoms with Gasteiger partial charge in [-0.15, -0.1) is 0 Å². The van der Waals surface area contributed by atoms with Crippen LogP contribution in [-0.2, 0) is 4.74 Å². The molecule has 6 nitrogen and oxygen atoms in total. The Morgan fingerprint density at radius 3 is 2.62 bits per heavy atom. The number of nitrogens with two attached hydrogens (primary N) is 2. The van der Waals surface area contributed by atoms with Gasteiger partial charge in [-0.05, 0) is 38.5 Å². The number of ether oxygens (including phenoxy) is 1. The molecule has 1 aliphatic rings. The van der Waals surface area contributed by atoms with E-state index in [1.165, 1.54) is 6.08 Å². The third kappa shape index (κ3) is 5.51. The zero-order valence-electron chi connectivity index (χ0n) is 12.8. The van der Waals surface area contributed by atoms with Gasteiger partial charge in [-0.2, -0.15) is 0 Å². The summed E-state index contributed by atoms with van der Waals surface area (Å²) in [7, 11) is 0. The molecule has 1 rings (SSSR count). The molecule has 0 unspecified atom stereocenters. The topological polar surface area (TPSA) is 111 Å². The second-order valence-corrected chi connectivity index (χ2v) is 6.13. The monoisotopic (exact) mass is 295 g/mol. The van der Waals surface area contributed by atoms with E-state index in [1.54, 1.807) is 26.8 Å². The summed E-state index contributed by atoms with van der Waals surface area (Å²) < 4.78 is 5.17. The summed E-state index contributed by atoms with van der Waals surface area (Å²) in [4.78, 5) is 11.7. The van der Waals surface area contributed by atoms with E-state index in [0.29, 0.717) is 24.2 Å². The Morgan fingerprint density at radius 2 is 2.10 bits per heavy atom. The van der Waals surface area contributed by atoms with E-state index in [9.17, 15) is 9.90 Å². The maximum Gasteiger partial charge on any atom is 0.407 e. The maximum atomic E-state index is 11.7. The number of hydrogen-bond donors (Lipinski definition) is 4. The molecule has 0 radical (unpaired) electrons. The molecule has 118 valence electrons. The van der Waals surface area contributed by atoms with Crippen LogP contribution in [0.4, 0.5) is 4.79 Å². The van der Waals surface area contributed by atoms with Crippen LogP contribution in [0.25, 0.3) is 0 Å². The summed E-state index contributed by atoms with van der Waals surface area (Å²) in [5, 5.41) is 12.8. The number of amides is 1. The van der Waals surface area contributed by atoms with Crippen molar-refractivity contribution in [1.29, 1.82) is 0 Å². The summed E-state index contributed by atoms with van der Waals surface area (Å²) in [5.74, 6) is 0. The van der Waals surface area contributed by atoms with Crippen molar-refractivity contribution >= 4 is 6.09 Å². The first-order valence-corrected chi connectivity index (χ1v) is 6.87. The number of allylic oxidation sites excluding steroid dienone is 2. The Hall–Kier alpha value is -1.95. The first-order valence-electron chi connectivity index (χ1n) is 6.87. The number of rotatable bonds is 3. The van der Waals surface area contributed by atoms with Crippen LogP contribution in [0.2, 0.25) is 0 Å². The van der Waals surface area contributed by atoms with E-state index in [1.807, 2.05) is 0 Å². The second-order valence-electron chi connectivity index (χ2n) is 6.13. The number of nitrogens with one attached hydrogen (secondary N) is 1. The molecule has 0 aromatic heterocycles. The molecule has 1 amide bonds. The average molecular weight is 295 g/mol. The van der Waals surface area contributed by atoms with Gasteiger partial charge < -0.3 is 26.6 Å². The van der Waals surface area contributed by atoms with Crippen LogP contribution in [-0.4, -0.2) is 28.9 Å². The summed E-state index contributed by atoms with van der Waals surface area (Å²) in [6.07, 6.45) is 2.56. The van der Waals surface area contributed by atoms with E-state index in [0.717, 1.165) is 5.57 Å². The Balaban J connectivity index is 2.74. The molecule has 0 fully saturated rings. The van der Waals surface area contributed by atoms with Gasteiger partial charge in [0.25, 0.3) is 0 Å². The average Bonchev–Trinajstić information content (AvgIpc) is 2.32. The van der Waals surface area contributed by atoms with Gasteiger partial charge in [-0.25, -0.2) is 4.79 Å². The minimum atomic E-state index is -0.742.